The van der Waals surface area contributed by atoms with Gasteiger partial charge in [-0.3, -0.25) is 39.1 Å². The normalized spacial score (nSPS) is 22.3. The van der Waals surface area contributed by atoms with E-state index >= 15 is 0 Å². The van der Waals surface area contributed by atoms with Crippen molar-refractivity contribution in [1.29, 1.82) is 0 Å². The molecule has 5 amide bonds. The van der Waals surface area contributed by atoms with Crippen LogP contribution in [0.4, 0.5) is 17.1 Å². The standard InChI is InChI=1S/C44H46ClN7O5/c1-27-36(8-7-35(46-2)39(27)45)51-20-15-44(26-51)13-18-49(19-14-44)32-5-3-29(4-6-32)41(55)50-16-11-28(12-17-50)23-48-24-30-21-33-34(22-31(30)25-48)43(57)52(42(33)56)37-9-10-38(53)47-40(37)54/h3-8,21-22,28,37H,9-20,23-26H2,1H3,(H,47,53,54). The lowest BCUT2D eigenvalue weighted by atomic mass is 9.77. The number of rotatable bonds is 6. The summed E-state index contributed by atoms with van der Waals surface area (Å²) >= 11 is 6.50. The Kier molecular flexibility index (Phi) is 9.56. The number of nitrogens with zero attached hydrogens (tertiary/aromatic N) is 6. The summed E-state index contributed by atoms with van der Waals surface area (Å²) in [5, 5.41) is 2.81. The lowest BCUT2D eigenvalue weighted by molar-refractivity contribution is -0.136. The van der Waals surface area contributed by atoms with Crippen molar-refractivity contribution >= 4 is 58.2 Å². The molecule has 4 saturated heterocycles. The molecule has 1 spiro atoms. The monoisotopic (exact) mass is 787 g/mol. The Labute approximate surface area is 337 Å². The molecule has 0 radical (unpaired) electrons. The second-order valence-corrected chi connectivity index (χ2v) is 17.3. The third kappa shape index (κ3) is 6.74. The van der Waals surface area contributed by atoms with E-state index in [0.29, 0.717) is 53.9 Å². The van der Waals surface area contributed by atoms with E-state index in [2.05, 4.69) is 37.0 Å². The van der Waals surface area contributed by atoms with Crippen LogP contribution in [0.2, 0.25) is 5.02 Å². The average Bonchev–Trinajstić information content (AvgIpc) is 3.88. The molecular weight excluding hydrogens is 742 g/mol. The summed E-state index contributed by atoms with van der Waals surface area (Å²) in [4.78, 5) is 78.0. The molecule has 13 heteroatoms. The molecule has 1 unspecified atom stereocenters. The fourth-order valence-corrected chi connectivity index (χ4v) is 10.3. The van der Waals surface area contributed by atoms with Gasteiger partial charge < -0.3 is 14.7 Å². The number of imide groups is 2. The van der Waals surface area contributed by atoms with Crippen molar-refractivity contribution in [3.8, 4) is 0 Å². The lowest BCUT2D eigenvalue weighted by Gasteiger charge is -2.40. The van der Waals surface area contributed by atoms with Crippen molar-refractivity contribution in [3.63, 3.8) is 0 Å². The van der Waals surface area contributed by atoms with E-state index in [1.54, 1.807) is 0 Å². The van der Waals surface area contributed by atoms with Gasteiger partial charge in [0.1, 0.15) is 6.04 Å². The van der Waals surface area contributed by atoms with Crippen molar-refractivity contribution < 1.29 is 24.0 Å². The summed E-state index contributed by atoms with van der Waals surface area (Å²) in [5.74, 6) is -1.43. The Hall–Kier alpha value is -5.25. The highest BCUT2D eigenvalue weighted by atomic mass is 35.5. The molecule has 3 aromatic rings. The van der Waals surface area contributed by atoms with Crippen LogP contribution in [-0.4, -0.2) is 96.1 Å². The molecule has 6 aliphatic rings. The molecule has 0 bridgehead atoms. The number of nitrogens with one attached hydrogen (secondary N) is 1. The molecule has 294 valence electrons. The molecule has 1 N–H and O–H groups in total. The third-order valence-electron chi connectivity index (χ3n) is 13.5. The van der Waals surface area contributed by atoms with Gasteiger partial charge in [0.05, 0.1) is 22.7 Å². The summed E-state index contributed by atoms with van der Waals surface area (Å²) in [5.41, 5.74) is 7.49. The van der Waals surface area contributed by atoms with Crippen LogP contribution >= 0.6 is 11.6 Å². The van der Waals surface area contributed by atoms with Gasteiger partial charge in [-0.1, -0.05) is 17.7 Å². The zero-order valence-corrected chi connectivity index (χ0v) is 32.9. The highest BCUT2D eigenvalue weighted by molar-refractivity contribution is 6.34. The van der Waals surface area contributed by atoms with E-state index in [1.807, 2.05) is 48.2 Å². The molecule has 0 aliphatic carbocycles. The van der Waals surface area contributed by atoms with Gasteiger partial charge in [-0.15, -0.1) is 0 Å². The second kappa shape index (κ2) is 14.6. The van der Waals surface area contributed by atoms with Crippen LogP contribution in [0.5, 0.6) is 0 Å². The zero-order valence-electron chi connectivity index (χ0n) is 32.2. The van der Waals surface area contributed by atoms with Gasteiger partial charge in [0.2, 0.25) is 17.5 Å². The number of amides is 5. The van der Waals surface area contributed by atoms with Crippen LogP contribution in [0.3, 0.4) is 0 Å². The topological polar surface area (TPSA) is 118 Å². The lowest BCUT2D eigenvalue weighted by Crippen LogP contribution is -2.54. The van der Waals surface area contributed by atoms with Gasteiger partial charge in [-0.25, -0.2) is 4.85 Å². The van der Waals surface area contributed by atoms with E-state index in [-0.39, 0.29) is 30.1 Å². The van der Waals surface area contributed by atoms with E-state index in [4.69, 9.17) is 18.2 Å². The maximum absolute atomic E-state index is 13.6. The van der Waals surface area contributed by atoms with Gasteiger partial charge in [-0.05, 0) is 116 Å². The number of piperidine rings is 3. The summed E-state index contributed by atoms with van der Waals surface area (Å²) in [6, 6.07) is 14.7. The van der Waals surface area contributed by atoms with Crippen molar-refractivity contribution in [1.82, 2.24) is 20.0 Å². The SMILES string of the molecule is [C-]#[N+]c1ccc(N2CCC3(CCN(c4ccc(C(=O)N5CCC(CN6Cc7cc8c(cc7C6)C(=O)N(C6CCC(=O)NC6=O)C8=O)CC5)cc4)CC3)C2)c(C)c1Cl. The summed E-state index contributed by atoms with van der Waals surface area (Å²) in [6.07, 6.45) is 5.44. The maximum Gasteiger partial charge on any atom is 0.262 e. The van der Waals surface area contributed by atoms with Crippen LogP contribution in [0, 0.1) is 24.8 Å². The van der Waals surface area contributed by atoms with Crippen LogP contribution in [0.15, 0.2) is 48.5 Å². The van der Waals surface area contributed by atoms with E-state index in [1.165, 1.54) is 0 Å². The molecule has 4 fully saturated rings. The molecule has 0 saturated carbocycles. The number of anilines is 2. The Balaban J connectivity index is 0.742. The van der Waals surface area contributed by atoms with E-state index in [0.717, 1.165) is 103 Å². The van der Waals surface area contributed by atoms with E-state index in [9.17, 15) is 24.0 Å². The quantitative estimate of drug-likeness (QED) is 0.240. The Morgan fingerprint density at radius 1 is 0.860 bits per heavy atom. The van der Waals surface area contributed by atoms with Crippen LogP contribution in [0.1, 0.15) is 92.7 Å². The number of likely N-dealkylation sites (tertiary alicyclic amines) is 1. The van der Waals surface area contributed by atoms with Crippen molar-refractivity contribution in [3.05, 3.63) is 98.4 Å². The van der Waals surface area contributed by atoms with Crippen molar-refractivity contribution in [2.45, 2.75) is 71.0 Å². The predicted molar refractivity (Wildman–Crippen MR) is 215 cm³/mol. The first kappa shape index (κ1) is 37.3. The minimum atomic E-state index is -0.967. The fraction of sp³-hybridized carbons (Fsp3) is 0.455. The average molecular weight is 788 g/mol. The Morgan fingerprint density at radius 3 is 2.11 bits per heavy atom. The molecular formula is C44H46ClN7O5. The predicted octanol–water partition coefficient (Wildman–Crippen LogP) is 5.97. The molecule has 12 nitrogen and oxygen atoms in total. The molecule has 9 rings (SSSR count). The third-order valence-corrected chi connectivity index (χ3v) is 14.0. The number of benzene rings is 3. The highest BCUT2D eigenvalue weighted by Gasteiger charge is 2.46. The van der Waals surface area contributed by atoms with Crippen LogP contribution in [-0.2, 0) is 22.7 Å². The summed E-state index contributed by atoms with van der Waals surface area (Å²) < 4.78 is 0. The van der Waals surface area contributed by atoms with Gasteiger partial charge in [0.15, 0.2) is 0 Å². The van der Waals surface area contributed by atoms with Gasteiger partial charge in [-0.2, -0.15) is 0 Å². The minimum Gasteiger partial charge on any atom is -0.371 e. The number of hydrogen-bond acceptors (Lipinski definition) is 8. The van der Waals surface area contributed by atoms with Gasteiger partial charge in [0, 0.05) is 82.3 Å². The summed E-state index contributed by atoms with van der Waals surface area (Å²) in [6.45, 7) is 17.0. The largest absolute Gasteiger partial charge is 0.371 e. The molecule has 3 aromatic carbocycles. The van der Waals surface area contributed by atoms with Crippen molar-refractivity contribution in [2.75, 3.05) is 55.6 Å². The van der Waals surface area contributed by atoms with Crippen LogP contribution in [0.25, 0.3) is 4.85 Å². The number of fused-ring (bicyclic) bond motifs is 2. The van der Waals surface area contributed by atoms with Gasteiger partial charge >= 0.3 is 0 Å². The van der Waals surface area contributed by atoms with E-state index < -0.39 is 23.8 Å². The second-order valence-electron chi connectivity index (χ2n) is 16.9. The van der Waals surface area contributed by atoms with Crippen molar-refractivity contribution in [2.24, 2.45) is 11.3 Å². The van der Waals surface area contributed by atoms with Crippen LogP contribution < -0.4 is 15.1 Å². The first-order valence-corrected chi connectivity index (χ1v) is 20.5. The zero-order chi connectivity index (χ0) is 39.6. The number of carbonyl (C=O) groups is 5. The maximum atomic E-state index is 13.6. The minimum absolute atomic E-state index is 0.0762. The molecule has 57 heavy (non-hydrogen) atoms. The fourth-order valence-electron chi connectivity index (χ4n) is 10.1. The Morgan fingerprint density at radius 2 is 1.49 bits per heavy atom. The molecule has 1 atom stereocenters. The highest BCUT2D eigenvalue weighted by Crippen LogP contribution is 2.45. The smallest absolute Gasteiger partial charge is 0.262 e. The first-order valence-electron chi connectivity index (χ1n) is 20.2. The Bertz CT molecular complexity index is 2190. The molecule has 6 aliphatic heterocycles. The molecule has 6 heterocycles. The number of carbonyl (C=O) groups excluding carboxylic acids is 5. The first-order chi connectivity index (χ1) is 27.5. The summed E-state index contributed by atoms with van der Waals surface area (Å²) in [7, 11) is 0. The number of halogens is 1. The molecule has 0 aromatic heterocycles. The number of hydrogen-bond donors (Lipinski definition) is 1. The van der Waals surface area contributed by atoms with Gasteiger partial charge in [0.25, 0.3) is 17.7 Å².